The van der Waals surface area contributed by atoms with E-state index in [2.05, 4.69) is 9.84 Å². The Labute approximate surface area is 95.3 Å². The Bertz CT molecular complexity index is 426. The summed E-state index contributed by atoms with van der Waals surface area (Å²) in [6.07, 6.45) is -4.45. The van der Waals surface area contributed by atoms with Crippen molar-refractivity contribution < 1.29 is 22.7 Å². The van der Waals surface area contributed by atoms with Gasteiger partial charge < -0.3 is 10.5 Å². The summed E-state index contributed by atoms with van der Waals surface area (Å²) in [6, 6.07) is 0. The number of rotatable bonds is 3. The topological polar surface area (TPSA) is 70.1 Å². The fourth-order valence-corrected chi connectivity index (χ4v) is 1.25. The molecule has 17 heavy (non-hydrogen) atoms. The lowest BCUT2D eigenvalue weighted by atomic mass is 10.2. The molecule has 1 aromatic heterocycles. The van der Waals surface area contributed by atoms with Gasteiger partial charge in [0.15, 0.2) is 5.69 Å². The highest BCUT2D eigenvalue weighted by molar-refractivity contribution is 5.90. The van der Waals surface area contributed by atoms with Gasteiger partial charge in [0.25, 0.3) is 0 Å². The minimum atomic E-state index is -4.45. The van der Waals surface area contributed by atoms with E-state index in [-0.39, 0.29) is 23.7 Å². The number of carbonyl (C=O) groups excluding carboxylic acids is 1. The molecule has 0 aromatic carbocycles. The summed E-state index contributed by atoms with van der Waals surface area (Å²) in [4.78, 5) is 11.4. The van der Waals surface area contributed by atoms with Gasteiger partial charge in [-0.15, -0.1) is 0 Å². The number of hydrogen-bond donors (Lipinski definition) is 1. The molecule has 0 aliphatic carbocycles. The number of nitrogens with two attached hydrogens (primary N) is 1. The van der Waals surface area contributed by atoms with Crippen LogP contribution in [-0.2, 0) is 11.3 Å². The SMILES string of the molecule is CCOC(=O)c1nn(CC(F)(F)F)c(N)c1C. The van der Waals surface area contributed by atoms with E-state index >= 15 is 0 Å². The number of carbonyl (C=O) groups is 1. The van der Waals surface area contributed by atoms with Crippen LogP contribution in [-0.4, -0.2) is 28.5 Å². The van der Waals surface area contributed by atoms with Crippen LogP contribution in [0.5, 0.6) is 0 Å². The first-order valence-corrected chi connectivity index (χ1v) is 4.83. The van der Waals surface area contributed by atoms with Crippen LogP contribution in [0.1, 0.15) is 23.0 Å². The molecule has 0 radical (unpaired) electrons. The van der Waals surface area contributed by atoms with E-state index in [9.17, 15) is 18.0 Å². The second-order valence-corrected chi connectivity index (χ2v) is 3.35. The number of nitrogen functional groups attached to an aromatic ring is 1. The quantitative estimate of drug-likeness (QED) is 0.827. The van der Waals surface area contributed by atoms with Crippen molar-refractivity contribution in [1.82, 2.24) is 9.78 Å². The molecule has 1 rings (SSSR count). The van der Waals surface area contributed by atoms with Gasteiger partial charge in [-0.05, 0) is 13.8 Å². The molecule has 0 aliphatic heterocycles. The number of esters is 1. The van der Waals surface area contributed by atoms with Crippen LogP contribution >= 0.6 is 0 Å². The number of anilines is 1. The van der Waals surface area contributed by atoms with Crippen LogP contribution < -0.4 is 5.73 Å². The molecule has 5 nitrogen and oxygen atoms in total. The average molecular weight is 251 g/mol. The van der Waals surface area contributed by atoms with Crippen LogP contribution in [0.2, 0.25) is 0 Å². The Kier molecular flexibility index (Phi) is 3.64. The van der Waals surface area contributed by atoms with Crippen molar-refractivity contribution in [3.63, 3.8) is 0 Å². The van der Waals surface area contributed by atoms with Gasteiger partial charge in [-0.25, -0.2) is 9.48 Å². The minimum Gasteiger partial charge on any atom is -0.461 e. The number of alkyl halides is 3. The standard InChI is InChI=1S/C9H12F3N3O2/c1-3-17-8(16)6-5(2)7(13)15(14-6)4-9(10,11)12/h3-4,13H2,1-2H3. The number of halogens is 3. The van der Waals surface area contributed by atoms with Crippen molar-refractivity contribution in [3.05, 3.63) is 11.3 Å². The van der Waals surface area contributed by atoms with Crippen molar-refractivity contribution in [1.29, 1.82) is 0 Å². The van der Waals surface area contributed by atoms with Crippen LogP contribution in [0.15, 0.2) is 0 Å². The highest BCUT2D eigenvalue weighted by Crippen LogP contribution is 2.22. The Morgan fingerprint density at radius 2 is 2.12 bits per heavy atom. The third-order valence-corrected chi connectivity index (χ3v) is 2.04. The number of nitrogens with zero attached hydrogens (tertiary/aromatic N) is 2. The summed E-state index contributed by atoms with van der Waals surface area (Å²) in [5.74, 6) is -0.969. The molecule has 0 spiro atoms. The number of hydrogen-bond acceptors (Lipinski definition) is 4. The summed E-state index contributed by atoms with van der Waals surface area (Å²) in [6.45, 7) is 1.79. The van der Waals surface area contributed by atoms with Crippen LogP contribution in [0.25, 0.3) is 0 Å². The predicted molar refractivity (Wildman–Crippen MR) is 53.4 cm³/mol. The van der Waals surface area contributed by atoms with E-state index in [1.807, 2.05) is 0 Å². The molecule has 0 fully saturated rings. The molecule has 0 amide bonds. The lowest BCUT2D eigenvalue weighted by molar-refractivity contribution is -0.142. The van der Waals surface area contributed by atoms with Crippen molar-refractivity contribution in [2.24, 2.45) is 0 Å². The van der Waals surface area contributed by atoms with Gasteiger partial charge >= 0.3 is 12.1 Å². The van der Waals surface area contributed by atoms with E-state index in [0.717, 1.165) is 0 Å². The van der Waals surface area contributed by atoms with Crippen LogP contribution in [0.3, 0.4) is 0 Å². The molecule has 96 valence electrons. The first-order valence-electron chi connectivity index (χ1n) is 4.83. The fourth-order valence-electron chi connectivity index (χ4n) is 1.25. The molecule has 0 atom stereocenters. The summed E-state index contributed by atoms with van der Waals surface area (Å²) < 4.78 is 41.7. The van der Waals surface area contributed by atoms with Gasteiger partial charge in [0, 0.05) is 5.56 Å². The maximum absolute atomic E-state index is 12.2. The van der Waals surface area contributed by atoms with Gasteiger partial charge in [0.05, 0.1) is 6.61 Å². The molecular weight excluding hydrogens is 239 g/mol. The zero-order valence-corrected chi connectivity index (χ0v) is 9.34. The van der Waals surface area contributed by atoms with E-state index in [4.69, 9.17) is 5.73 Å². The van der Waals surface area contributed by atoms with Crippen LogP contribution in [0, 0.1) is 6.92 Å². The average Bonchev–Trinajstić information content (AvgIpc) is 2.44. The summed E-state index contributed by atoms with van der Waals surface area (Å²) in [5, 5.41) is 3.51. The molecule has 8 heteroatoms. The third kappa shape index (κ3) is 3.11. The first-order chi connectivity index (χ1) is 7.76. The summed E-state index contributed by atoms with van der Waals surface area (Å²) >= 11 is 0. The first kappa shape index (κ1) is 13.3. The molecule has 0 saturated heterocycles. The molecule has 1 aromatic rings. The second-order valence-electron chi connectivity index (χ2n) is 3.35. The second kappa shape index (κ2) is 4.64. The summed E-state index contributed by atoms with van der Waals surface area (Å²) in [5.41, 5.74) is 5.44. The van der Waals surface area contributed by atoms with E-state index < -0.39 is 18.7 Å². The van der Waals surface area contributed by atoms with Gasteiger partial charge in [-0.3, -0.25) is 0 Å². The smallest absolute Gasteiger partial charge is 0.408 e. The molecule has 0 aliphatic rings. The lowest BCUT2D eigenvalue weighted by Crippen LogP contribution is -2.20. The Morgan fingerprint density at radius 3 is 2.59 bits per heavy atom. The predicted octanol–water partition coefficient (Wildman–Crippen LogP) is 1.51. The lowest BCUT2D eigenvalue weighted by Gasteiger charge is -2.07. The third-order valence-electron chi connectivity index (χ3n) is 2.04. The molecule has 0 saturated carbocycles. The van der Waals surface area contributed by atoms with Crippen molar-refractivity contribution >= 4 is 11.8 Å². The Morgan fingerprint density at radius 1 is 1.53 bits per heavy atom. The Balaban J connectivity index is 3.04. The monoisotopic (exact) mass is 251 g/mol. The van der Waals surface area contributed by atoms with Gasteiger partial charge in [0.2, 0.25) is 0 Å². The highest BCUT2D eigenvalue weighted by atomic mass is 19.4. The molecule has 2 N–H and O–H groups in total. The van der Waals surface area contributed by atoms with Gasteiger partial charge in [-0.1, -0.05) is 0 Å². The van der Waals surface area contributed by atoms with Gasteiger partial charge in [0.1, 0.15) is 12.4 Å². The van der Waals surface area contributed by atoms with E-state index in [1.165, 1.54) is 6.92 Å². The van der Waals surface area contributed by atoms with Crippen LogP contribution in [0.4, 0.5) is 19.0 Å². The maximum Gasteiger partial charge on any atom is 0.408 e. The maximum atomic E-state index is 12.2. The van der Waals surface area contributed by atoms with Crippen molar-refractivity contribution in [2.45, 2.75) is 26.6 Å². The normalized spacial score (nSPS) is 11.6. The zero-order valence-electron chi connectivity index (χ0n) is 9.34. The molecule has 0 bridgehead atoms. The van der Waals surface area contributed by atoms with Crippen molar-refractivity contribution in [2.75, 3.05) is 12.3 Å². The van der Waals surface area contributed by atoms with E-state index in [1.54, 1.807) is 6.92 Å². The summed E-state index contributed by atoms with van der Waals surface area (Å²) in [7, 11) is 0. The van der Waals surface area contributed by atoms with E-state index in [0.29, 0.717) is 4.68 Å². The Hall–Kier alpha value is -1.73. The fraction of sp³-hybridized carbons (Fsp3) is 0.556. The molecule has 0 unspecified atom stereocenters. The highest BCUT2D eigenvalue weighted by Gasteiger charge is 2.31. The largest absolute Gasteiger partial charge is 0.461 e. The zero-order chi connectivity index (χ0) is 13.2. The molecular formula is C9H12F3N3O2. The molecule has 1 heterocycles. The van der Waals surface area contributed by atoms with Gasteiger partial charge in [-0.2, -0.15) is 18.3 Å². The van der Waals surface area contributed by atoms with Crippen molar-refractivity contribution in [3.8, 4) is 0 Å². The minimum absolute atomic E-state index is 0.115. The number of aromatic nitrogens is 2. The number of ether oxygens (including phenoxy) is 1.